The summed E-state index contributed by atoms with van der Waals surface area (Å²) in [7, 11) is -4.12. The molecule has 0 bridgehead atoms. The van der Waals surface area contributed by atoms with Gasteiger partial charge in [0.15, 0.2) is 11.5 Å². The lowest BCUT2D eigenvalue weighted by molar-refractivity contribution is -0.385. The predicted molar refractivity (Wildman–Crippen MR) is 91.2 cm³/mol. The van der Waals surface area contributed by atoms with Gasteiger partial charge in [-0.25, -0.2) is 8.42 Å². The molecule has 0 aliphatic carbocycles. The Morgan fingerprint density at radius 2 is 1.85 bits per heavy atom. The van der Waals surface area contributed by atoms with Gasteiger partial charge in [-0.15, -0.1) is 0 Å². The van der Waals surface area contributed by atoms with Crippen LogP contribution in [0.5, 0.6) is 11.5 Å². The van der Waals surface area contributed by atoms with Crippen molar-refractivity contribution in [2.75, 3.05) is 6.79 Å². The minimum absolute atomic E-state index is 0.0634. The Hall–Kier alpha value is -3.38. The number of ether oxygens (including phenoxy) is 2. The van der Waals surface area contributed by atoms with Gasteiger partial charge in [-0.2, -0.15) is 5.26 Å². The van der Waals surface area contributed by atoms with E-state index in [9.17, 15) is 23.8 Å². The molecule has 0 saturated heterocycles. The van der Waals surface area contributed by atoms with Gasteiger partial charge in [0, 0.05) is 0 Å². The van der Waals surface area contributed by atoms with Gasteiger partial charge >= 0.3 is 0 Å². The zero-order chi connectivity index (χ0) is 18.9. The molecule has 2 aromatic carbocycles. The van der Waals surface area contributed by atoms with Crippen LogP contribution in [0, 0.1) is 28.4 Å². The molecule has 9 heteroatoms. The zero-order valence-electron chi connectivity index (χ0n) is 13.5. The van der Waals surface area contributed by atoms with Crippen molar-refractivity contribution in [1.82, 2.24) is 0 Å². The smallest absolute Gasteiger partial charge is 0.280 e. The Morgan fingerprint density at radius 1 is 1.23 bits per heavy atom. The van der Waals surface area contributed by atoms with Crippen LogP contribution in [-0.4, -0.2) is 20.1 Å². The van der Waals surface area contributed by atoms with E-state index >= 15 is 0 Å². The molecule has 0 radical (unpaired) electrons. The lowest BCUT2D eigenvalue weighted by Crippen LogP contribution is -2.04. The molecular weight excluding hydrogens is 360 g/mol. The second-order valence-corrected chi connectivity index (χ2v) is 7.38. The van der Waals surface area contributed by atoms with Gasteiger partial charge in [0.25, 0.3) is 5.69 Å². The number of nitriles is 1. The SMILES string of the molecule is Cc1ccc(S(=O)(=O)/C(C#N)=C\c2cc3c(cc2[N+](=O)[O-])OCO3)cc1. The number of nitro benzene ring substituents is 1. The van der Waals surface area contributed by atoms with E-state index in [0.29, 0.717) is 0 Å². The highest BCUT2D eigenvalue weighted by molar-refractivity contribution is 7.95. The van der Waals surface area contributed by atoms with Gasteiger partial charge in [-0.3, -0.25) is 10.1 Å². The molecular formula is C17H12N2O6S. The summed E-state index contributed by atoms with van der Waals surface area (Å²) in [6.07, 6.45) is 0.968. The Kier molecular flexibility index (Phi) is 4.36. The van der Waals surface area contributed by atoms with Gasteiger partial charge in [0.1, 0.15) is 11.0 Å². The maximum absolute atomic E-state index is 12.7. The largest absolute Gasteiger partial charge is 0.454 e. The van der Waals surface area contributed by atoms with E-state index < -0.39 is 19.7 Å². The highest BCUT2D eigenvalue weighted by Gasteiger charge is 2.26. The van der Waals surface area contributed by atoms with Crippen molar-refractivity contribution < 1.29 is 22.8 Å². The number of allylic oxidation sites excluding steroid dienone is 1. The monoisotopic (exact) mass is 372 g/mol. The van der Waals surface area contributed by atoms with Crippen LogP contribution in [0.4, 0.5) is 5.69 Å². The van der Waals surface area contributed by atoms with Crippen molar-refractivity contribution in [3.05, 3.63) is 62.5 Å². The molecule has 0 amide bonds. The predicted octanol–water partition coefficient (Wildman–Crippen LogP) is 2.97. The summed E-state index contributed by atoms with van der Waals surface area (Å²) in [6, 6.07) is 10.00. The first-order chi connectivity index (χ1) is 12.3. The Bertz CT molecular complexity index is 1070. The molecule has 0 saturated carbocycles. The van der Waals surface area contributed by atoms with E-state index in [-0.39, 0.29) is 34.4 Å². The summed E-state index contributed by atoms with van der Waals surface area (Å²) in [5.74, 6) is 0.431. The molecule has 0 atom stereocenters. The van der Waals surface area contributed by atoms with Crippen molar-refractivity contribution in [3.8, 4) is 17.6 Å². The van der Waals surface area contributed by atoms with Crippen molar-refractivity contribution in [3.63, 3.8) is 0 Å². The summed E-state index contributed by atoms with van der Waals surface area (Å²) >= 11 is 0. The Balaban J connectivity index is 2.14. The average Bonchev–Trinajstić information content (AvgIpc) is 3.06. The maximum Gasteiger partial charge on any atom is 0.280 e. The van der Waals surface area contributed by atoms with Crippen molar-refractivity contribution in [1.29, 1.82) is 5.26 Å². The number of benzene rings is 2. The molecule has 2 aromatic rings. The molecule has 132 valence electrons. The fourth-order valence-electron chi connectivity index (χ4n) is 2.38. The van der Waals surface area contributed by atoms with Crippen LogP contribution in [0.1, 0.15) is 11.1 Å². The first-order valence-electron chi connectivity index (χ1n) is 7.34. The fourth-order valence-corrected chi connectivity index (χ4v) is 3.53. The van der Waals surface area contributed by atoms with Gasteiger partial charge in [0.05, 0.1) is 21.4 Å². The molecule has 0 spiro atoms. The highest BCUT2D eigenvalue weighted by atomic mass is 32.2. The number of fused-ring (bicyclic) bond motifs is 1. The van der Waals surface area contributed by atoms with Crippen LogP contribution in [0.2, 0.25) is 0 Å². The molecule has 0 unspecified atom stereocenters. The summed E-state index contributed by atoms with van der Waals surface area (Å²) in [4.78, 5) is 9.94. The molecule has 0 fully saturated rings. The van der Waals surface area contributed by atoms with E-state index in [1.165, 1.54) is 18.2 Å². The molecule has 3 rings (SSSR count). The number of nitrogens with zero attached hydrogens (tertiary/aromatic N) is 2. The lowest BCUT2D eigenvalue weighted by atomic mass is 10.1. The number of aryl methyl sites for hydroxylation is 1. The van der Waals surface area contributed by atoms with E-state index in [1.54, 1.807) is 25.1 Å². The average molecular weight is 372 g/mol. The normalized spacial score (nSPS) is 13.3. The third kappa shape index (κ3) is 3.10. The summed E-state index contributed by atoms with van der Waals surface area (Å²) in [5.41, 5.74) is 0.408. The van der Waals surface area contributed by atoms with Crippen LogP contribution in [0.3, 0.4) is 0 Å². The topological polar surface area (TPSA) is 120 Å². The van der Waals surface area contributed by atoms with E-state index in [0.717, 1.165) is 17.7 Å². The quantitative estimate of drug-likeness (QED) is 0.459. The van der Waals surface area contributed by atoms with E-state index in [1.807, 2.05) is 0 Å². The fraction of sp³-hybridized carbons (Fsp3) is 0.118. The lowest BCUT2D eigenvalue weighted by Gasteiger charge is -2.05. The molecule has 1 heterocycles. The number of hydrogen-bond acceptors (Lipinski definition) is 7. The van der Waals surface area contributed by atoms with Crippen LogP contribution >= 0.6 is 0 Å². The third-order valence-corrected chi connectivity index (χ3v) is 5.42. The van der Waals surface area contributed by atoms with Gasteiger partial charge < -0.3 is 9.47 Å². The zero-order valence-corrected chi connectivity index (χ0v) is 14.3. The van der Waals surface area contributed by atoms with E-state index in [2.05, 4.69) is 0 Å². The molecule has 1 aliphatic rings. The Morgan fingerprint density at radius 3 is 2.42 bits per heavy atom. The van der Waals surface area contributed by atoms with Gasteiger partial charge in [-0.05, 0) is 31.2 Å². The first kappa shape index (κ1) is 17.4. The second-order valence-electron chi connectivity index (χ2n) is 5.46. The minimum atomic E-state index is -4.12. The van der Waals surface area contributed by atoms with Crippen molar-refractivity contribution >= 4 is 21.6 Å². The maximum atomic E-state index is 12.7. The van der Waals surface area contributed by atoms with Gasteiger partial charge in [-0.1, -0.05) is 17.7 Å². The summed E-state index contributed by atoms with van der Waals surface area (Å²) in [5, 5.41) is 20.6. The van der Waals surface area contributed by atoms with Crippen LogP contribution in [-0.2, 0) is 9.84 Å². The first-order valence-corrected chi connectivity index (χ1v) is 8.83. The molecule has 8 nitrogen and oxygen atoms in total. The Labute approximate surface area is 149 Å². The van der Waals surface area contributed by atoms with Gasteiger partial charge in [0.2, 0.25) is 16.6 Å². The molecule has 26 heavy (non-hydrogen) atoms. The number of sulfone groups is 1. The number of hydrogen-bond donors (Lipinski definition) is 0. The van der Waals surface area contributed by atoms with Crippen LogP contribution in [0.15, 0.2) is 46.2 Å². The number of nitro groups is 1. The molecule has 0 aromatic heterocycles. The highest BCUT2D eigenvalue weighted by Crippen LogP contribution is 2.39. The van der Waals surface area contributed by atoms with Crippen molar-refractivity contribution in [2.24, 2.45) is 0 Å². The molecule has 1 aliphatic heterocycles. The van der Waals surface area contributed by atoms with E-state index in [4.69, 9.17) is 9.47 Å². The van der Waals surface area contributed by atoms with Crippen LogP contribution in [0.25, 0.3) is 6.08 Å². The minimum Gasteiger partial charge on any atom is -0.454 e. The standard InChI is InChI=1S/C17H12N2O6S/c1-11-2-4-13(5-3-11)26(22,23)14(9-18)6-12-7-16-17(25-10-24-16)8-15(12)19(20)21/h2-8H,10H2,1H3/b14-6-. The summed E-state index contributed by atoms with van der Waals surface area (Å²) < 4.78 is 35.6. The second kappa shape index (κ2) is 6.50. The summed E-state index contributed by atoms with van der Waals surface area (Å²) in [6.45, 7) is 1.71. The van der Waals surface area contributed by atoms with Crippen LogP contribution < -0.4 is 9.47 Å². The van der Waals surface area contributed by atoms with Crippen molar-refractivity contribution in [2.45, 2.75) is 11.8 Å². The third-order valence-electron chi connectivity index (χ3n) is 3.74. The number of rotatable bonds is 4. The molecule has 0 N–H and O–H groups in total.